The lowest BCUT2D eigenvalue weighted by atomic mass is 10.1. The van der Waals surface area contributed by atoms with Crippen LogP contribution in [0, 0.1) is 6.92 Å². The van der Waals surface area contributed by atoms with Crippen LogP contribution in [0.4, 0.5) is 0 Å². The van der Waals surface area contributed by atoms with Gasteiger partial charge in [-0.15, -0.1) is 11.8 Å². The van der Waals surface area contributed by atoms with Crippen molar-refractivity contribution in [2.24, 2.45) is 0 Å². The fraction of sp³-hybridized carbons (Fsp3) is 0.238. The zero-order valence-electron chi connectivity index (χ0n) is 15.5. The Morgan fingerprint density at radius 3 is 2.33 bits per heavy atom. The fourth-order valence-corrected chi connectivity index (χ4v) is 4.41. The second kappa shape index (κ2) is 8.31. The first-order valence-corrected chi connectivity index (χ1v) is 10.4. The van der Waals surface area contributed by atoms with E-state index in [1.165, 1.54) is 11.5 Å². The third-order valence-corrected chi connectivity index (χ3v) is 6.17. The number of imidazole rings is 1. The molecular formula is C21H21BrN2O2S. The van der Waals surface area contributed by atoms with Gasteiger partial charge in [-0.3, -0.25) is 9.36 Å². The van der Waals surface area contributed by atoms with Crippen molar-refractivity contribution in [2.45, 2.75) is 37.5 Å². The number of rotatable bonds is 5. The summed E-state index contributed by atoms with van der Waals surface area (Å²) in [5.41, 5.74) is 2.35. The summed E-state index contributed by atoms with van der Waals surface area (Å²) in [6, 6.07) is 17.7. The summed E-state index contributed by atoms with van der Waals surface area (Å²) >= 11 is 5.04. The van der Waals surface area contributed by atoms with Crippen LogP contribution in [-0.4, -0.2) is 15.0 Å². The lowest BCUT2D eigenvalue weighted by molar-refractivity contribution is 0.0929. The molecule has 140 valence electrons. The Morgan fingerprint density at radius 2 is 1.74 bits per heavy atom. The predicted octanol–water partition coefficient (Wildman–Crippen LogP) is 5.28. The van der Waals surface area contributed by atoms with E-state index in [0.717, 1.165) is 26.3 Å². The van der Waals surface area contributed by atoms with Crippen LogP contribution in [-0.2, 0) is 5.75 Å². The minimum absolute atomic E-state index is 0.143. The van der Waals surface area contributed by atoms with E-state index in [1.807, 2.05) is 68.4 Å². The van der Waals surface area contributed by atoms with Crippen molar-refractivity contribution in [3.05, 3.63) is 86.5 Å². The van der Waals surface area contributed by atoms with E-state index in [4.69, 9.17) is 0 Å². The van der Waals surface area contributed by atoms with Crippen molar-refractivity contribution in [2.75, 3.05) is 0 Å². The Morgan fingerprint density at radius 1 is 1.11 bits per heavy atom. The van der Waals surface area contributed by atoms with Crippen LogP contribution in [0.2, 0.25) is 0 Å². The molecular weight excluding hydrogens is 424 g/mol. The van der Waals surface area contributed by atoms with Gasteiger partial charge in [0.05, 0.1) is 11.7 Å². The van der Waals surface area contributed by atoms with E-state index in [2.05, 4.69) is 15.9 Å². The van der Waals surface area contributed by atoms with Gasteiger partial charge in [0.25, 0.3) is 0 Å². The zero-order valence-corrected chi connectivity index (χ0v) is 17.9. The van der Waals surface area contributed by atoms with Gasteiger partial charge in [0, 0.05) is 27.7 Å². The van der Waals surface area contributed by atoms with Crippen molar-refractivity contribution >= 4 is 33.6 Å². The minimum Gasteiger partial charge on any atom is -0.289 e. The third-order valence-electron chi connectivity index (χ3n) is 4.62. The number of hydrogen-bond donors (Lipinski definition) is 0. The molecule has 1 atom stereocenters. The van der Waals surface area contributed by atoms with Crippen LogP contribution >= 0.6 is 27.7 Å². The average Bonchev–Trinajstić information content (AvgIpc) is 2.91. The molecule has 3 aromatic rings. The molecule has 27 heavy (non-hydrogen) atoms. The molecule has 3 rings (SSSR count). The van der Waals surface area contributed by atoms with Crippen molar-refractivity contribution in [1.29, 1.82) is 0 Å². The average molecular weight is 445 g/mol. The summed E-state index contributed by atoms with van der Waals surface area (Å²) in [5, 5.41) is 0. The van der Waals surface area contributed by atoms with E-state index < -0.39 is 0 Å². The van der Waals surface area contributed by atoms with Gasteiger partial charge in [-0.25, -0.2) is 9.36 Å². The quantitative estimate of drug-likeness (QED) is 0.502. The molecule has 0 fully saturated rings. The fourth-order valence-electron chi connectivity index (χ4n) is 3.18. The topological polar surface area (TPSA) is 44.0 Å². The third kappa shape index (κ3) is 4.12. The highest BCUT2D eigenvalue weighted by atomic mass is 79.9. The van der Waals surface area contributed by atoms with Crippen LogP contribution in [0.5, 0.6) is 0 Å². The molecule has 0 aliphatic heterocycles. The summed E-state index contributed by atoms with van der Waals surface area (Å²) in [6.07, 6.45) is 0. The molecule has 0 spiro atoms. The van der Waals surface area contributed by atoms with Crippen LogP contribution in [0.15, 0.2) is 68.8 Å². The monoisotopic (exact) mass is 444 g/mol. The Bertz CT molecular complexity index is 1010. The number of aromatic nitrogens is 2. The van der Waals surface area contributed by atoms with E-state index >= 15 is 0 Å². The Kier molecular flexibility index (Phi) is 6.07. The van der Waals surface area contributed by atoms with Gasteiger partial charge in [0.2, 0.25) is 5.91 Å². The highest BCUT2D eigenvalue weighted by Crippen LogP contribution is 2.27. The number of halogens is 1. The number of carbonyl (C=O) groups excluding carboxylic acids is 1. The maximum absolute atomic E-state index is 13.0. The molecule has 0 aliphatic rings. The first-order chi connectivity index (χ1) is 12.9. The van der Waals surface area contributed by atoms with Crippen molar-refractivity contribution < 1.29 is 4.79 Å². The van der Waals surface area contributed by atoms with Gasteiger partial charge in [-0.05, 0) is 43.7 Å². The minimum atomic E-state index is -0.275. The molecule has 0 bridgehead atoms. The highest BCUT2D eigenvalue weighted by Gasteiger charge is 2.23. The van der Waals surface area contributed by atoms with Crippen LogP contribution in [0.25, 0.3) is 0 Å². The lowest BCUT2D eigenvalue weighted by Crippen LogP contribution is -2.30. The molecule has 2 aromatic carbocycles. The second-order valence-electron chi connectivity index (χ2n) is 6.37. The van der Waals surface area contributed by atoms with E-state index in [0.29, 0.717) is 5.75 Å². The number of nitrogens with zero attached hydrogens (tertiary/aromatic N) is 2. The standard InChI is InChI=1S/C21H21BrN2O2S/c1-14(17-7-5-4-6-8-17)23-15(2)20(24(16(3)25)21(23)26)13-27-19-11-9-18(22)10-12-19/h4-12,14H,13H2,1-3H3/t14-/m0/s1. The van der Waals surface area contributed by atoms with Gasteiger partial charge in [0.1, 0.15) is 0 Å². The van der Waals surface area contributed by atoms with Gasteiger partial charge < -0.3 is 0 Å². The molecule has 0 saturated heterocycles. The smallest absolute Gasteiger partial charge is 0.289 e. The molecule has 0 unspecified atom stereocenters. The highest BCUT2D eigenvalue weighted by molar-refractivity contribution is 9.10. The summed E-state index contributed by atoms with van der Waals surface area (Å²) in [5.74, 6) is 0.296. The van der Waals surface area contributed by atoms with Crippen molar-refractivity contribution in [1.82, 2.24) is 9.13 Å². The van der Waals surface area contributed by atoms with Gasteiger partial charge in [-0.2, -0.15) is 0 Å². The molecule has 1 heterocycles. The van der Waals surface area contributed by atoms with Crippen molar-refractivity contribution in [3.8, 4) is 0 Å². The number of carbonyl (C=O) groups is 1. The van der Waals surface area contributed by atoms with Gasteiger partial charge in [0.15, 0.2) is 0 Å². The maximum atomic E-state index is 13.0. The van der Waals surface area contributed by atoms with Crippen LogP contribution in [0.1, 0.15) is 41.6 Å². The molecule has 0 aliphatic carbocycles. The lowest BCUT2D eigenvalue weighted by Gasteiger charge is -2.15. The zero-order chi connectivity index (χ0) is 19.6. The molecule has 0 radical (unpaired) electrons. The molecule has 0 N–H and O–H groups in total. The molecule has 0 amide bonds. The molecule has 1 aromatic heterocycles. The second-order valence-corrected chi connectivity index (χ2v) is 8.33. The van der Waals surface area contributed by atoms with E-state index in [9.17, 15) is 9.59 Å². The van der Waals surface area contributed by atoms with Crippen molar-refractivity contribution in [3.63, 3.8) is 0 Å². The molecule has 0 saturated carbocycles. The summed E-state index contributed by atoms with van der Waals surface area (Å²) in [7, 11) is 0. The largest absolute Gasteiger partial charge is 0.336 e. The Labute approximate surface area is 171 Å². The summed E-state index contributed by atoms with van der Waals surface area (Å²) in [6.45, 7) is 5.34. The summed E-state index contributed by atoms with van der Waals surface area (Å²) < 4.78 is 4.04. The molecule has 4 nitrogen and oxygen atoms in total. The Hall–Kier alpha value is -2.05. The number of benzene rings is 2. The van der Waals surface area contributed by atoms with E-state index in [1.54, 1.807) is 16.3 Å². The number of thioether (sulfide) groups is 1. The van der Waals surface area contributed by atoms with Crippen LogP contribution in [0.3, 0.4) is 0 Å². The first-order valence-electron chi connectivity index (χ1n) is 8.67. The van der Waals surface area contributed by atoms with E-state index in [-0.39, 0.29) is 17.6 Å². The predicted molar refractivity (Wildman–Crippen MR) is 114 cm³/mol. The molecule has 6 heteroatoms. The first kappa shape index (κ1) is 19.7. The maximum Gasteiger partial charge on any atom is 0.336 e. The number of hydrogen-bond acceptors (Lipinski definition) is 3. The Balaban J connectivity index is 1.99. The SMILES string of the molecule is CC(=O)n1c(CSc2ccc(Br)cc2)c(C)n([C@@H](C)c2ccccc2)c1=O. The summed E-state index contributed by atoms with van der Waals surface area (Å²) in [4.78, 5) is 26.3. The normalized spacial score (nSPS) is 12.1. The van der Waals surface area contributed by atoms with Crippen LogP contribution < -0.4 is 5.69 Å². The van der Waals surface area contributed by atoms with Gasteiger partial charge in [-0.1, -0.05) is 46.3 Å². The van der Waals surface area contributed by atoms with Gasteiger partial charge >= 0.3 is 5.69 Å².